The smallest absolute Gasteiger partial charge is 0.356 e. The molecule has 2 aliphatic rings. The summed E-state index contributed by atoms with van der Waals surface area (Å²) in [5.74, 6) is -3.78. The number of nitrogens with zero attached hydrogens (tertiary/aromatic N) is 1. The lowest BCUT2D eigenvalue weighted by atomic mass is 10.0. The first-order valence-corrected chi connectivity index (χ1v) is 11.6. The quantitative estimate of drug-likeness (QED) is 0.223. The van der Waals surface area contributed by atoms with E-state index in [9.17, 15) is 38.1 Å². The van der Waals surface area contributed by atoms with Crippen LogP contribution in [0.4, 0.5) is 0 Å². The second kappa shape index (κ2) is 8.61. The Morgan fingerprint density at radius 3 is 2.48 bits per heavy atom. The van der Waals surface area contributed by atoms with Crippen LogP contribution in [-0.2, 0) is 29.0 Å². The average molecular weight is 480 g/mol. The van der Waals surface area contributed by atoms with Gasteiger partial charge in [0.25, 0.3) is 11.8 Å². The third-order valence-corrected chi connectivity index (χ3v) is 7.32. The lowest BCUT2D eigenvalue weighted by Crippen LogP contribution is -2.75. The Morgan fingerprint density at radius 2 is 1.94 bits per heavy atom. The maximum atomic E-state index is 12.8. The van der Waals surface area contributed by atoms with E-state index in [-0.39, 0.29) is 16.9 Å². The molecule has 1 fully saturated rings. The molecule has 0 radical (unpaired) electrons. The zero-order chi connectivity index (χ0) is 24.7. The number of sulfone groups is 1. The van der Waals surface area contributed by atoms with Gasteiger partial charge in [-0.3, -0.25) is 14.5 Å². The highest BCUT2D eigenvalue weighted by atomic mass is 32.2. The van der Waals surface area contributed by atoms with E-state index >= 15 is 0 Å². The molecule has 1 saturated heterocycles. The van der Waals surface area contributed by atoms with Crippen molar-refractivity contribution < 1.29 is 42.9 Å². The lowest BCUT2D eigenvalue weighted by Gasteiger charge is -2.49. The number of hydrogen-bond acceptors (Lipinski definition) is 9. The van der Waals surface area contributed by atoms with Crippen LogP contribution in [0.1, 0.15) is 25.5 Å². The molecule has 2 heterocycles. The van der Waals surface area contributed by atoms with Crippen molar-refractivity contribution in [3.8, 4) is 5.75 Å². The predicted molar refractivity (Wildman–Crippen MR) is 114 cm³/mol. The molecule has 1 unspecified atom stereocenters. The maximum Gasteiger partial charge on any atom is 0.356 e. The lowest BCUT2D eigenvalue weighted by molar-refractivity contribution is -0.158. The molecule has 0 saturated carbocycles. The minimum absolute atomic E-state index is 0.0880. The van der Waals surface area contributed by atoms with Gasteiger partial charge < -0.3 is 25.4 Å². The van der Waals surface area contributed by atoms with E-state index < -0.39 is 68.8 Å². The van der Waals surface area contributed by atoms with Crippen molar-refractivity contribution >= 4 is 27.6 Å². The maximum absolute atomic E-state index is 12.8. The zero-order valence-electron chi connectivity index (χ0n) is 17.9. The first-order chi connectivity index (χ1) is 15.3. The number of β-lactam (4-membered cyclic amide) rings is 1. The van der Waals surface area contributed by atoms with E-state index in [4.69, 9.17) is 4.74 Å². The highest BCUT2D eigenvalue weighted by Gasteiger charge is 2.61. The second-order valence-corrected chi connectivity index (χ2v) is 10.3. The molecule has 2 aliphatic heterocycles. The molecule has 2 amide bonds. The highest BCUT2D eigenvalue weighted by Crippen LogP contribution is 2.38. The fraction of sp³-hybridized carbons (Fsp3) is 0.381. The molecule has 178 valence electrons. The Balaban J connectivity index is 1.87. The number of carbonyl (C=O) groups is 3. The molecule has 3 rings (SSSR count). The van der Waals surface area contributed by atoms with Crippen LogP contribution in [0.15, 0.2) is 48.2 Å². The number of hydrogen-bond donors (Lipinski definition) is 4. The van der Waals surface area contributed by atoms with Gasteiger partial charge >= 0.3 is 5.97 Å². The summed E-state index contributed by atoms with van der Waals surface area (Å²) < 4.78 is 30.9. The van der Waals surface area contributed by atoms with E-state index in [1.54, 1.807) is 0 Å². The molecular weight excluding hydrogens is 456 g/mol. The van der Waals surface area contributed by atoms with Crippen LogP contribution in [-0.4, -0.2) is 75.8 Å². The Hall–Kier alpha value is -3.22. The van der Waals surface area contributed by atoms with E-state index in [1.165, 1.54) is 44.2 Å². The number of fused-ring (bicyclic) bond motifs is 1. The first-order valence-electron chi connectivity index (χ1n) is 9.85. The number of carbonyl (C=O) groups excluding carboxylic acids is 3. The van der Waals surface area contributed by atoms with E-state index in [1.807, 2.05) is 0 Å². The summed E-state index contributed by atoms with van der Waals surface area (Å²) in [7, 11) is -4.09. The number of nitrogens with one attached hydrogen (secondary N) is 1. The van der Waals surface area contributed by atoms with Crippen LogP contribution >= 0.6 is 0 Å². The normalized spacial score (nSPS) is 22.7. The molecule has 0 aliphatic carbocycles. The molecular formula is C21H24N2O9S. The van der Waals surface area contributed by atoms with Gasteiger partial charge in [0.15, 0.2) is 21.3 Å². The zero-order valence-corrected chi connectivity index (χ0v) is 18.7. The fourth-order valence-corrected chi connectivity index (χ4v) is 5.52. The fourth-order valence-electron chi connectivity index (χ4n) is 3.50. The topological polar surface area (TPSA) is 171 Å². The third-order valence-electron chi connectivity index (χ3n) is 5.35. The number of amides is 2. The molecule has 1 aromatic carbocycles. The number of esters is 1. The monoisotopic (exact) mass is 480 g/mol. The number of benzene rings is 1. The van der Waals surface area contributed by atoms with Gasteiger partial charge in [0.1, 0.15) is 23.1 Å². The van der Waals surface area contributed by atoms with Gasteiger partial charge in [-0.1, -0.05) is 18.7 Å². The first kappa shape index (κ1) is 24.4. The van der Waals surface area contributed by atoms with E-state index in [2.05, 4.69) is 11.9 Å². The van der Waals surface area contributed by atoms with Gasteiger partial charge in [-0.15, -0.1) is 0 Å². The van der Waals surface area contributed by atoms with Gasteiger partial charge in [0.05, 0.1) is 12.4 Å². The Bertz CT molecular complexity index is 1140. The van der Waals surface area contributed by atoms with Crippen LogP contribution in [0, 0.1) is 0 Å². The third kappa shape index (κ3) is 4.49. The van der Waals surface area contributed by atoms with Gasteiger partial charge in [0.2, 0.25) is 0 Å². The Kier molecular flexibility index (Phi) is 6.37. The molecule has 1 aromatic rings. The number of phenols is 1. The summed E-state index contributed by atoms with van der Waals surface area (Å²) in [5, 5.41) is 29.8. The number of rotatable bonds is 7. The number of aliphatic hydroxyl groups excluding tert-OH is 2. The van der Waals surface area contributed by atoms with Gasteiger partial charge in [0, 0.05) is 5.57 Å². The van der Waals surface area contributed by atoms with Crippen molar-refractivity contribution in [2.45, 2.75) is 37.0 Å². The minimum atomic E-state index is -4.09. The van der Waals surface area contributed by atoms with Crippen molar-refractivity contribution in [2.24, 2.45) is 0 Å². The SMILES string of the molecule is C=CC(C)(C)OC(=O)C1=C(CO)CS(=O)(=O)[C@H]2[C@@H](NC(=O)C(O)c3ccc(O)cc3)C(=O)N12. The molecule has 0 aromatic heterocycles. The number of ether oxygens (including phenoxy) is 1. The molecule has 12 heteroatoms. The van der Waals surface area contributed by atoms with Gasteiger partial charge in [-0.2, -0.15) is 0 Å². The Morgan fingerprint density at radius 1 is 1.33 bits per heavy atom. The molecule has 3 atom stereocenters. The summed E-state index contributed by atoms with van der Waals surface area (Å²) >= 11 is 0. The molecule has 11 nitrogen and oxygen atoms in total. The van der Waals surface area contributed by atoms with Crippen LogP contribution in [0.5, 0.6) is 5.75 Å². The summed E-state index contributed by atoms with van der Waals surface area (Å²) in [4.78, 5) is 38.8. The van der Waals surface area contributed by atoms with E-state index in [0.717, 1.165) is 0 Å². The van der Waals surface area contributed by atoms with Crippen LogP contribution in [0.2, 0.25) is 0 Å². The molecule has 4 N–H and O–H groups in total. The van der Waals surface area contributed by atoms with E-state index in [0.29, 0.717) is 4.90 Å². The Labute approximate surface area is 189 Å². The number of aliphatic hydroxyl groups is 2. The van der Waals surface area contributed by atoms with Gasteiger partial charge in [-0.05, 0) is 37.6 Å². The van der Waals surface area contributed by atoms with Crippen molar-refractivity contribution in [3.05, 3.63) is 53.8 Å². The average Bonchev–Trinajstić information content (AvgIpc) is 2.75. The minimum Gasteiger partial charge on any atom is -0.508 e. The second-order valence-electron chi connectivity index (χ2n) is 8.19. The summed E-state index contributed by atoms with van der Waals surface area (Å²) in [6, 6.07) is 3.52. The molecule has 0 bridgehead atoms. The predicted octanol–water partition coefficient (Wildman–Crippen LogP) is -0.739. The van der Waals surface area contributed by atoms with Crippen LogP contribution < -0.4 is 5.32 Å². The van der Waals surface area contributed by atoms with Gasteiger partial charge in [-0.25, -0.2) is 13.2 Å². The number of phenolic OH excluding ortho intramolecular Hbond substituents is 1. The summed E-state index contributed by atoms with van der Waals surface area (Å²) in [6.07, 6.45) is -0.396. The summed E-state index contributed by atoms with van der Waals surface area (Å²) in [6.45, 7) is 5.80. The molecule has 0 spiro atoms. The number of aromatic hydroxyl groups is 1. The molecule has 33 heavy (non-hydrogen) atoms. The highest BCUT2D eigenvalue weighted by molar-refractivity contribution is 7.92. The largest absolute Gasteiger partial charge is 0.508 e. The van der Waals surface area contributed by atoms with Crippen molar-refractivity contribution in [1.29, 1.82) is 0 Å². The van der Waals surface area contributed by atoms with Crippen LogP contribution in [0.25, 0.3) is 0 Å². The van der Waals surface area contributed by atoms with Crippen LogP contribution in [0.3, 0.4) is 0 Å². The van der Waals surface area contributed by atoms with Crippen molar-refractivity contribution in [1.82, 2.24) is 10.2 Å². The standard InChI is InChI=1S/C21H24N2O9S/c1-4-21(2,3)32-20(29)15-12(9-24)10-33(30,31)19-14(18(28)23(15)19)22-17(27)16(26)11-5-7-13(25)8-6-11/h4-8,14,16,19,24-26H,1,9-10H2,2-3H3,(H,22,27)/t14-,16?,19-/m0/s1. The summed E-state index contributed by atoms with van der Waals surface area (Å²) in [5.41, 5.74) is -1.63. The van der Waals surface area contributed by atoms with Crippen molar-refractivity contribution in [3.63, 3.8) is 0 Å². The van der Waals surface area contributed by atoms with Crippen molar-refractivity contribution in [2.75, 3.05) is 12.4 Å².